The van der Waals surface area contributed by atoms with Crippen LogP contribution in [0.3, 0.4) is 0 Å². The Morgan fingerprint density at radius 3 is 2.39 bits per heavy atom. The predicted octanol–water partition coefficient (Wildman–Crippen LogP) is 5.95. The van der Waals surface area contributed by atoms with Crippen LogP contribution >= 0.6 is 0 Å². The zero-order valence-electron chi connectivity index (χ0n) is 19.1. The van der Waals surface area contributed by atoms with E-state index in [9.17, 15) is 0 Å². The van der Waals surface area contributed by atoms with Crippen LogP contribution in [-0.2, 0) is 6.54 Å². The van der Waals surface area contributed by atoms with Gasteiger partial charge in [0.1, 0.15) is 24.6 Å². The summed E-state index contributed by atoms with van der Waals surface area (Å²) in [6.07, 6.45) is 2.18. The Morgan fingerprint density at radius 1 is 0.818 bits per heavy atom. The Kier molecular flexibility index (Phi) is 4.57. The molecule has 0 unspecified atom stereocenters. The Balaban J connectivity index is 1.60. The Morgan fingerprint density at radius 2 is 1.61 bits per heavy atom. The summed E-state index contributed by atoms with van der Waals surface area (Å²) in [5, 5.41) is 10.3. The van der Waals surface area contributed by atoms with Crippen LogP contribution in [-0.4, -0.2) is 28.0 Å². The summed E-state index contributed by atoms with van der Waals surface area (Å²) in [7, 11) is 0. The fraction of sp³-hybridized carbons (Fsp3) is 0.214. The van der Waals surface area contributed by atoms with E-state index in [2.05, 4.69) is 96.3 Å². The van der Waals surface area contributed by atoms with Crippen molar-refractivity contribution in [1.82, 2.24) is 14.8 Å². The van der Waals surface area contributed by atoms with Crippen molar-refractivity contribution in [3.05, 3.63) is 83.0 Å². The average molecular weight is 436 g/mol. The van der Waals surface area contributed by atoms with E-state index in [1.807, 2.05) is 0 Å². The van der Waals surface area contributed by atoms with Crippen LogP contribution in [0.2, 0.25) is 0 Å². The minimum absolute atomic E-state index is 0.554. The maximum atomic E-state index is 5.89. The molecule has 0 aliphatic carbocycles. The van der Waals surface area contributed by atoms with E-state index < -0.39 is 0 Å². The normalized spacial score (nSPS) is 13.1. The van der Waals surface area contributed by atoms with Crippen molar-refractivity contribution in [3.8, 4) is 34.0 Å². The minimum atomic E-state index is 0.554. The highest BCUT2D eigenvalue weighted by atomic mass is 16.6. The van der Waals surface area contributed by atoms with Gasteiger partial charge in [-0.1, -0.05) is 42.0 Å². The van der Waals surface area contributed by atoms with Crippen molar-refractivity contribution in [2.75, 3.05) is 13.2 Å². The molecule has 0 amide bonds. The second-order valence-electron chi connectivity index (χ2n) is 8.87. The topological polar surface area (TPSA) is 49.2 Å². The lowest BCUT2D eigenvalue weighted by Crippen LogP contribution is -2.15. The molecule has 3 aromatic carbocycles. The number of aryl methyl sites for hydroxylation is 3. The summed E-state index contributed by atoms with van der Waals surface area (Å²) in [6.45, 7) is 8.24. The van der Waals surface area contributed by atoms with Crippen molar-refractivity contribution in [3.63, 3.8) is 0 Å². The van der Waals surface area contributed by atoms with Gasteiger partial charge >= 0.3 is 0 Å². The molecule has 0 radical (unpaired) electrons. The Hall–Kier alpha value is -3.86. The quantitative estimate of drug-likeness (QED) is 0.351. The lowest BCUT2D eigenvalue weighted by Gasteiger charge is -2.22. The third-order valence-electron chi connectivity index (χ3n) is 6.49. The van der Waals surface area contributed by atoms with E-state index in [-0.39, 0.29) is 0 Å². The van der Waals surface area contributed by atoms with Gasteiger partial charge in [0.05, 0.1) is 5.52 Å². The second kappa shape index (κ2) is 7.62. The molecule has 3 aromatic rings. The van der Waals surface area contributed by atoms with Crippen molar-refractivity contribution >= 4 is 10.9 Å². The van der Waals surface area contributed by atoms with E-state index >= 15 is 0 Å². The molecule has 5 heteroatoms. The summed E-state index contributed by atoms with van der Waals surface area (Å²) in [5.74, 6) is 1.54. The lowest BCUT2D eigenvalue weighted by atomic mass is 9.98. The number of rotatable bonds is 3. The van der Waals surface area contributed by atoms with Gasteiger partial charge < -0.3 is 14.0 Å². The lowest BCUT2D eigenvalue weighted by molar-refractivity contribution is 0.172. The first kappa shape index (κ1) is 19.8. The highest BCUT2D eigenvalue weighted by molar-refractivity contribution is 5.99. The minimum Gasteiger partial charge on any atom is -0.486 e. The highest BCUT2D eigenvalue weighted by Crippen LogP contribution is 2.42. The molecule has 3 aliphatic heterocycles. The van der Waals surface area contributed by atoms with Gasteiger partial charge in [-0.25, -0.2) is 0 Å². The third kappa shape index (κ3) is 3.41. The number of nitrogens with zero attached hydrogens (tertiary/aromatic N) is 3. The number of ether oxygens (including phenoxy) is 2. The van der Waals surface area contributed by atoms with E-state index in [4.69, 9.17) is 9.47 Å². The largest absolute Gasteiger partial charge is 0.486 e. The van der Waals surface area contributed by atoms with Crippen LogP contribution in [0.4, 0.5) is 0 Å². The van der Waals surface area contributed by atoms with Gasteiger partial charge in [-0.3, -0.25) is 0 Å². The maximum absolute atomic E-state index is 5.89. The molecular weight excluding hydrogens is 410 g/mol. The van der Waals surface area contributed by atoms with Crippen molar-refractivity contribution < 1.29 is 9.47 Å². The summed E-state index contributed by atoms with van der Waals surface area (Å²) < 4.78 is 14.1. The fourth-order valence-corrected chi connectivity index (χ4v) is 4.61. The SMILES string of the molecule is Cc1cccc(Cn2cc3c(-c4ccc(C)c(C)c4)nnc-3c3cc4c(cc32)OCCO4)c1. The van der Waals surface area contributed by atoms with E-state index in [0.29, 0.717) is 13.2 Å². The van der Waals surface area contributed by atoms with Crippen LogP contribution in [0.1, 0.15) is 22.3 Å². The fourth-order valence-electron chi connectivity index (χ4n) is 4.61. The zero-order chi connectivity index (χ0) is 22.5. The zero-order valence-corrected chi connectivity index (χ0v) is 19.1. The summed E-state index contributed by atoms with van der Waals surface area (Å²) in [5.41, 5.74) is 9.98. The molecule has 0 saturated heterocycles. The summed E-state index contributed by atoms with van der Waals surface area (Å²) in [6, 6.07) is 19.2. The molecule has 6 rings (SSSR count). The molecule has 0 atom stereocenters. The molecule has 3 aliphatic rings. The van der Waals surface area contributed by atoms with Crippen LogP contribution < -0.4 is 9.47 Å². The number of pyridine rings is 1. The number of fused-ring (bicyclic) bond motifs is 4. The second-order valence-corrected chi connectivity index (χ2v) is 8.87. The first-order chi connectivity index (χ1) is 16.1. The van der Waals surface area contributed by atoms with Crippen LogP contribution in [0.15, 0.2) is 60.8 Å². The maximum Gasteiger partial charge on any atom is 0.163 e. The standard InChI is InChI=1S/C28H25N3O2/c1-17-5-4-6-20(11-17)15-31-16-23-27(21-8-7-18(2)19(3)12-21)29-30-28(23)22-13-25-26(14-24(22)31)33-10-9-32-25/h4-8,11-14,16H,9-10,15H2,1-3H3. The molecule has 0 saturated carbocycles. The number of benzene rings is 3. The highest BCUT2D eigenvalue weighted by Gasteiger charge is 2.23. The third-order valence-corrected chi connectivity index (χ3v) is 6.49. The first-order valence-electron chi connectivity index (χ1n) is 11.3. The van der Waals surface area contributed by atoms with Gasteiger partial charge in [0.15, 0.2) is 11.5 Å². The van der Waals surface area contributed by atoms with E-state index in [1.54, 1.807) is 0 Å². The smallest absolute Gasteiger partial charge is 0.163 e. The molecule has 3 heterocycles. The molecule has 0 spiro atoms. The van der Waals surface area contributed by atoms with Crippen molar-refractivity contribution in [2.45, 2.75) is 27.3 Å². The van der Waals surface area contributed by atoms with Crippen LogP contribution in [0.5, 0.6) is 11.5 Å². The molecule has 0 aromatic heterocycles. The predicted molar refractivity (Wildman–Crippen MR) is 130 cm³/mol. The van der Waals surface area contributed by atoms with Gasteiger partial charge in [-0.15, -0.1) is 10.2 Å². The Labute approximate surface area is 193 Å². The monoisotopic (exact) mass is 435 g/mol. The van der Waals surface area contributed by atoms with E-state index in [1.165, 1.54) is 22.3 Å². The summed E-state index contributed by atoms with van der Waals surface area (Å²) >= 11 is 0. The Bertz CT molecular complexity index is 1480. The van der Waals surface area contributed by atoms with Crippen LogP contribution in [0.25, 0.3) is 33.4 Å². The summed E-state index contributed by atoms with van der Waals surface area (Å²) in [4.78, 5) is 0. The molecule has 33 heavy (non-hydrogen) atoms. The molecule has 0 bridgehead atoms. The van der Waals surface area contributed by atoms with Gasteiger partial charge in [0.25, 0.3) is 0 Å². The van der Waals surface area contributed by atoms with Gasteiger partial charge in [-0.05, 0) is 49.6 Å². The van der Waals surface area contributed by atoms with E-state index in [0.717, 1.165) is 51.5 Å². The van der Waals surface area contributed by atoms with Crippen molar-refractivity contribution in [2.24, 2.45) is 0 Å². The van der Waals surface area contributed by atoms with Crippen LogP contribution in [0, 0.1) is 20.8 Å². The molecule has 0 N–H and O–H groups in total. The number of hydrogen-bond donors (Lipinski definition) is 0. The molecule has 164 valence electrons. The number of aromatic nitrogens is 3. The molecular formula is C28H25N3O2. The van der Waals surface area contributed by atoms with Gasteiger partial charge in [0.2, 0.25) is 0 Å². The molecule has 0 fully saturated rings. The van der Waals surface area contributed by atoms with Gasteiger partial charge in [0, 0.05) is 35.3 Å². The number of hydrogen-bond acceptors (Lipinski definition) is 4. The average Bonchev–Trinajstić information content (AvgIpc) is 3.24. The van der Waals surface area contributed by atoms with Crippen molar-refractivity contribution in [1.29, 1.82) is 0 Å². The molecule has 5 nitrogen and oxygen atoms in total. The first-order valence-corrected chi connectivity index (χ1v) is 11.3. The van der Waals surface area contributed by atoms with Gasteiger partial charge in [-0.2, -0.15) is 0 Å².